The normalized spacial score (nSPS) is 12.9. The first-order valence-electron chi connectivity index (χ1n) is 7.08. The Labute approximate surface area is 116 Å². The highest BCUT2D eigenvalue weighted by atomic mass is 16.5. The second-order valence-corrected chi connectivity index (χ2v) is 4.73. The standard InChI is InChI=1S/C14H27N3O2/c1-6-15-12(8-9-19-7-2)14-13(18-5)10-16-17(14)11(3)4/h10-12,15H,6-9H2,1-5H3. The Kier molecular flexibility index (Phi) is 6.87. The van der Waals surface area contributed by atoms with E-state index in [1.165, 1.54) is 0 Å². The van der Waals surface area contributed by atoms with Crippen molar-refractivity contribution in [2.45, 2.75) is 46.2 Å². The van der Waals surface area contributed by atoms with E-state index in [2.05, 4.69) is 31.2 Å². The summed E-state index contributed by atoms with van der Waals surface area (Å²) in [7, 11) is 1.69. The third kappa shape index (κ3) is 4.21. The second kappa shape index (κ2) is 8.17. The minimum absolute atomic E-state index is 0.205. The molecule has 1 rings (SSSR count). The number of hydrogen-bond donors (Lipinski definition) is 1. The fourth-order valence-electron chi connectivity index (χ4n) is 2.18. The summed E-state index contributed by atoms with van der Waals surface area (Å²) in [5.74, 6) is 0.844. The molecule has 0 bridgehead atoms. The van der Waals surface area contributed by atoms with E-state index >= 15 is 0 Å². The largest absolute Gasteiger partial charge is 0.493 e. The van der Waals surface area contributed by atoms with Crippen LogP contribution in [0.4, 0.5) is 0 Å². The lowest BCUT2D eigenvalue weighted by Crippen LogP contribution is -2.26. The van der Waals surface area contributed by atoms with Gasteiger partial charge in [0.1, 0.15) is 0 Å². The van der Waals surface area contributed by atoms with Gasteiger partial charge in [-0.25, -0.2) is 0 Å². The molecule has 5 nitrogen and oxygen atoms in total. The van der Waals surface area contributed by atoms with Crippen molar-refractivity contribution < 1.29 is 9.47 Å². The monoisotopic (exact) mass is 269 g/mol. The van der Waals surface area contributed by atoms with Crippen LogP contribution < -0.4 is 10.1 Å². The summed E-state index contributed by atoms with van der Waals surface area (Å²) in [6.07, 6.45) is 2.71. The summed E-state index contributed by atoms with van der Waals surface area (Å²) < 4.78 is 12.9. The first-order valence-corrected chi connectivity index (χ1v) is 7.08. The van der Waals surface area contributed by atoms with Crippen molar-refractivity contribution in [3.63, 3.8) is 0 Å². The predicted octanol–water partition coefficient (Wildman–Crippen LogP) is 2.55. The molecule has 19 heavy (non-hydrogen) atoms. The summed E-state index contributed by atoms with van der Waals surface area (Å²) in [5.41, 5.74) is 1.11. The SMILES string of the molecule is CCNC(CCOCC)c1c(OC)cnn1C(C)C. The topological polar surface area (TPSA) is 48.3 Å². The molecule has 0 aliphatic carbocycles. The zero-order valence-corrected chi connectivity index (χ0v) is 12.8. The molecule has 0 aliphatic rings. The van der Waals surface area contributed by atoms with Crippen LogP contribution in [-0.2, 0) is 4.74 Å². The van der Waals surface area contributed by atoms with Gasteiger partial charge in [0, 0.05) is 19.3 Å². The fourth-order valence-corrected chi connectivity index (χ4v) is 2.18. The maximum absolute atomic E-state index is 5.47. The van der Waals surface area contributed by atoms with Crippen LogP contribution in [0.15, 0.2) is 6.20 Å². The number of nitrogens with one attached hydrogen (secondary N) is 1. The Morgan fingerprint density at radius 2 is 2.11 bits per heavy atom. The first kappa shape index (κ1) is 16.0. The molecule has 0 spiro atoms. The predicted molar refractivity (Wildman–Crippen MR) is 76.7 cm³/mol. The van der Waals surface area contributed by atoms with Gasteiger partial charge in [-0.2, -0.15) is 5.10 Å². The van der Waals surface area contributed by atoms with Crippen LogP contribution in [0.3, 0.4) is 0 Å². The maximum Gasteiger partial charge on any atom is 0.161 e. The zero-order valence-electron chi connectivity index (χ0n) is 12.8. The molecule has 1 aromatic rings. The lowest BCUT2D eigenvalue weighted by atomic mass is 10.1. The van der Waals surface area contributed by atoms with Gasteiger partial charge >= 0.3 is 0 Å². The number of hydrogen-bond acceptors (Lipinski definition) is 4. The maximum atomic E-state index is 5.47. The van der Waals surface area contributed by atoms with Crippen LogP contribution >= 0.6 is 0 Å². The Morgan fingerprint density at radius 3 is 2.63 bits per heavy atom. The summed E-state index contributed by atoms with van der Waals surface area (Å²) in [6, 6.07) is 0.517. The molecule has 0 amide bonds. The van der Waals surface area contributed by atoms with E-state index in [0.29, 0.717) is 6.04 Å². The third-order valence-corrected chi connectivity index (χ3v) is 3.04. The van der Waals surface area contributed by atoms with Crippen LogP contribution in [0, 0.1) is 0 Å². The molecule has 1 atom stereocenters. The van der Waals surface area contributed by atoms with Crippen LogP contribution in [0.25, 0.3) is 0 Å². The molecule has 0 saturated carbocycles. The summed E-state index contributed by atoms with van der Waals surface area (Å²) in [6.45, 7) is 10.8. The average molecular weight is 269 g/mol. The van der Waals surface area contributed by atoms with Gasteiger partial charge in [0.25, 0.3) is 0 Å². The highest BCUT2D eigenvalue weighted by molar-refractivity contribution is 5.28. The van der Waals surface area contributed by atoms with Gasteiger partial charge in [0.05, 0.1) is 25.0 Å². The summed E-state index contributed by atoms with van der Waals surface area (Å²) >= 11 is 0. The highest BCUT2D eigenvalue weighted by Crippen LogP contribution is 2.29. The summed E-state index contributed by atoms with van der Waals surface area (Å²) in [4.78, 5) is 0. The van der Waals surface area contributed by atoms with E-state index in [-0.39, 0.29) is 6.04 Å². The van der Waals surface area contributed by atoms with E-state index in [9.17, 15) is 0 Å². The lowest BCUT2D eigenvalue weighted by molar-refractivity contribution is 0.135. The van der Waals surface area contributed by atoms with E-state index in [1.54, 1.807) is 13.3 Å². The van der Waals surface area contributed by atoms with Crippen molar-refractivity contribution in [1.29, 1.82) is 0 Å². The Bertz CT molecular complexity index is 364. The molecule has 0 fully saturated rings. The van der Waals surface area contributed by atoms with Gasteiger partial charge in [-0.3, -0.25) is 4.68 Å². The first-order chi connectivity index (χ1) is 9.15. The van der Waals surface area contributed by atoms with Crippen molar-refractivity contribution >= 4 is 0 Å². The smallest absolute Gasteiger partial charge is 0.161 e. The molecular weight excluding hydrogens is 242 g/mol. The van der Waals surface area contributed by atoms with Crippen LogP contribution in [0.1, 0.15) is 51.9 Å². The van der Waals surface area contributed by atoms with E-state index < -0.39 is 0 Å². The molecule has 0 saturated heterocycles. The van der Waals surface area contributed by atoms with Gasteiger partial charge < -0.3 is 14.8 Å². The molecule has 1 heterocycles. The number of nitrogens with zero attached hydrogens (tertiary/aromatic N) is 2. The third-order valence-electron chi connectivity index (χ3n) is 3.04. The quantitative estimate of drug-likeness (QED) is 0.700. The lowest BCUT2D eigenvalue weighted by Gasteiger charge is -2.22. The van der Waals surface area contributed by atoms with Gasteiger partial charge in [0.15, 0.2) is 5.75 Å². The zero-order chi connectivity index (χ0) is 14.3. The van der Waals surface area contributed by atoms with Gasteiger partial charge in [-0.1, -0.05) is 6.92 Å². The molecule has 110 valence electrons. The number of ether oxygens (including phenoxy) is 2. The van der Waals surface area contributed by atoms with Gasteiger partial charge in [-0.05, 0) is 33.7 Å². The van der Waals surface area contributed by atoms with E-state index in [4.69, 9.17) is 9.47 Å². The van der Waals surface area contributed by atoms with Crippen LogP contribution in [0.2, 0.25) is 0 Å². The Balaban J connectivity index is 2.94. The number of methoxy groups -OCH3 is 1. The van der Waals surface area contributed by atoms with E-state index in [0.717, 1.165) is 37.6 Å². The Morgan fingerprint density at radius 1 is 1.37 bits per heavy atom. The average Bonchev–Trinajstić information content (AvgIpc) is 2.81. The molecule has 1 aromatic heterocycles. The van der Waals surface area contributed by atoms with Crippen molar-refractivity contribution in [2.75, 3.05) is 26.9 Å². The number of aromatic nitrogens is 2. The minimum atomic E-state index is 0.205. The molecule has 0 radical (unpaired) electrons. The van der Waals surface area contributed by atoms with Crippen LogP contribution in [-0.4, -0.2) is 36.6 Å². The molecule has 0 aromatic carbocycles. The van der Waals surface area contributed by atoms with Crippen molar-refractivity contribution in [2.24, 2.45) is 0 Å². The van der Waals surface area contributed by atoms with E-state index in [1.807, 2.05) is 11.6 Å². The van der Waals surface area contributed by atoms with Crippen molar-refractivity contribution in [3.8, 4) is 5.75 Å². The molecule has 1 unspecified atom stereocenters. The minimum Gasteiger partial charge on any atom is -0.493 e. The Hall–Kier alpha value is -1.07. The number of rotatable bonds is 9. The van der Waals surface area contributed by atoms with Gasteiger partial charge in [0.2, 0.25) is 0 Å². The molecule has 0 aliphatic heterocycles. The molecule has 5 heteroatoms. The van der Waals surface area contributed by atoms with Crippen molar-refractivity contribution in [1.82, 2.24) is 15.1 Å². The fraction of sp³-hybridized carbons (Fsp3) is 0.786. The molecule has 1 N–H and O–H groups in total. The highest BCUT2D eigenvalue weighted by Gasteiger charge is 2.22. The van der Waals surface area contributed by atoms with Gasteiger partial charge in [-0.15, -0.1) is 0 Å². The van der Waals surface area contributed by atoms with Crippen molar-refractivity contribution in [3.05, 3.63) is 11.9 Å². The van der Waals surface area contributed by atoms with Crippen LogP contribution in [0.5, 0.6) is 5.75 Å². The summed E-state index contributed by atoms with van der Waals surface area (Å²) in [5, 5.41) is 7.92. The molecular formula is C14H27N3O2. The second-order valence-electron chi connectivity index (χ2n) is 4.73.